The minimum Gasteiger partial charge on any atom is -0.259 e. The van der Waals surface area contributed by atoms with Crippen molar-refractivity contribution in [1.29, 1.82) is 0 Å². The molecule has 3 aromatic rings. The maximum absolute atomic E-state index is 5.96. The smallest absolute Gasteiger partial charge is 0.178 e. The number of hydrogen-bond donors (Lipinski definition) is 0. The molecule has 0 saturated heterocycles. The van der Waals surface area contributed by atoms with Crippen LogP contribution in [0, 0.1) is 5.92 Å². The molecule has 1 aliphatic rings. The molecule has 3 heterocycles. The molecule has 4 rings (SSSR count). The highest BCUT2D eigenvalue weighted by molar-refractivity contribution is 6.29. The molecule has 20 heavy (non-hydrogen) atoms. The van der Waals surface area contributed by atoms with Gasteiger partial charge in [-0.15, -0.1) is 0 Å². The van der Waals surface area contributed by atoms with Crippen LogP contribution in [-0.4, -0.2) is 24.7 Å². The lowest BCUT2D eigenvalue weighted by Gasteiger charge is -2.16. The van der Waals surface area contributed by atoms with Gasteiger partial charge in [-0.2, -0.15) is 5.10 Å². The molecular formula is C14H12ClN5. The molecule has 0 aromatic carbocycles. The molecule has 3 aromatic heterocycles. The third-order valence-electron chi connectivity index (χ3n) is 3.60. The van der Waals surface area contributed by atoms with E-state index in [0.29, 0.717) is 11.1 Å². The van der Waals surface area contributed by atoms with E-state index >= 15 is 0 Å². The molecule has 0 unspecified atom stereocenters. The van der Waals surface area contributed by atoms with Gasteiger partial charge in [0, 0.05) is 6.20 Å². The Bertz CT molecular complexity index is 751. The maximum Gasteiger partial charge on any atom is 0.178 e. The normalized spacial score (nSPS) is 16.4. The van der Waals surface area contributed by atoms with E-state index in [1.165, 1.54) is 12.8 Å². The first-order valence-corrected chi connectivity index (χ1v) is 6.97. The van der Waals surface area contributed by atoms with Gasteiger partial charge in [-0.25, -0.2) is 14.6 Å². The van der Waals surface area contributed by atoms with Gasteiger partial charge >= 0.3 is 0 Å². The SMILES string of the molecule is Clc1cnc2cnn([C@H](c3ccccn3)C3CC3)c2n1. The van der Waals surface area contributed by atoms with Gasteiger partial charge in [-0.05, 0) is 30.9 Å². The van der Waals surface area contributed by atoms with Crippen molar-refractivity contribution < 1.29 is 0 Å². The van der Waals surface area contributed by atoms with E-state index in [0.717, 1.165) is 16.9 Å². The first kappa shape index (κ1) is 11.8. The average molecular weight is 286 g/mol. The van der Waals surface area contributed by atoms with E-state index in [2.05, 4.69) is 20.1 Å². The van der Waals surface area contributed by atoms with Gasteiger partial charge in [0.2, 0.25) is 0 Å². The summed E-state index contributed by atoms with van der Waals surface area (Å²) in [4.78, 5) is 13.1. The highest BCUT2D eigenvalue weighted by atomic mass is 35.5. The van der Waals surface area contributed by atoms with Crippen LogP contribution in [0.1, 0.15) is 24.6 Å². The molecule has 0 radical (unpaired) electrons. The van der Waals surface area contributed by atoms with E-state index in [9.17, 15) is 0 Å². The predicted octanol–water partition coefficient (Wildman–Crippen LogP) is 2.87. The molecule has 5 nitrogen and oxygen atoms in total. The van der Waals surface area contributed by atoms with Crippen LogP contribution in [0.3, 0.4) is 0 Å². The first-order valence-electron chi connectivity index (χ1n) is 6.59. The first-order chi connectivity index (χ1) is 9.83. The summed E-state index contributed by atoms with van der Waals surface area (Å²) in [6.07, 6.45) is 7.47. The van der Waals surface area contributed by atoms with Crippen LogP contribution in [0.15, 0.2) is 36.8 Å². The van der Waals surface area contributed by atoms with Gasteiger partial charge < -0.3 is 0 Å². The third kappa shape index (κ3) is 1.94. The topological polar surface area (TPSA) is 56.5 Å². The molecule has 1 saturated carbocycles. The van der Waals surface area contributed by atoms with Crippen molar-refractivity contribution in [2.24, 2.45) is 5.92 Å². The Hall–Kier alpha value is -2.01. The summed E-state index contributed by atoms with van der Waals surface area (Å²) in [5.74, 6) is 0.564. The molecule has 0 amide bonds. The molecule has 0 spiro atoms. The zero-order valence-electron chi connectivity index (χ0n) is 10.6. The minimum absolute atomic E-state index is 0.112. The zero-order chi connectivity index (χ0) is 13.5. The van der Waals surface area contributed by atoms with Crippen molar-refractivity contribution in [3.05, 3.63) is 47.6 Å². The van der Waals surface area contributed by atoms with Crippen molar-refractivity contribution in [3.63, 3.8) is 0 Å². The number of aromatic nitrogens is 5. The van der Waals surface area contributed by atoms with Crippen molar-refractivity contribution in [2.45, 2.75) is 18.9 Å². The minimum atomic E-state index is 0.112. The third-order valence-corrected chi connectivity index (χ3v) is 3.78. The second-order valence-electron chi connectivity index (χ2n) is 5.03. The van der Waals surface area contributed by atoms with Gasteiger partial charge in [0.25, 0.3) is 0 Å². The van der Waals surface area contributed by atoms with Gasteiger partial charge in [-0.1, -0.05) is 17.7 Å². The Morgan fingerprint density at radius 1 is 1.20 bits per heavy atom. The van der Waals surface area contributed by atoms with Gasteiger partial charge in [-0.3, -0.25) is 4.98 Å². The van der Waals surface area contributed by atoms with Crippen LogP contribution in [-0.2, 0) is 0 Å². The molecule has 0 aliphatic heterocycles. The zero-order valence-corrected chi connectivity index (χ0v) is 11.4. The van der Waals surface area contributed by atoms with Crippen LogP contribution in [0.25, 0.3) is 11.2 Å². The summed E-state index contributed by atoms with van der Waals surface area (Å²) in [5.41, 5.74) is 2.50. The number of rotatable bonds is 3. The molecule has 1 atom stereocenters. The fraction of sp³-hybridized carbons (Fsp3) is 0.286. The summed E-state index contributed by atoms with van der Waals surface area (Å²) in [6, 6.07) is 6.07. The molecule has 1 fully saturated rings. The van der Waals surface area contributed by atoms with Crippen molar-refractivity contribution >= 4 is 22.8 Å². The predicted molar refractivity (Wildman–Crippen MR) is 75.4 cm³/mol. The highest BCUT2D eigenvalue weighted by Gasteiger charge is 2.36. The Morgan fingerprint density at radius 3 is 2.85 bits per heavy atom. The van der Waals surface area contributed by atoms with E-state index in [-0.39, 0.29) is 6.04 Å². The van der Waals surface area contributed by atoms with E-state index in [1.807, 2.05) is 29.1 Å². The molecule has 0 bridgehead atoms. The summed E-state index contributed by atoms with van der Waals surface area (Å²) in [5, 5.41) is 4.85. The number of fused-ring (bicyclic) bond motifs is 1. The number of pyridine rings is 1. The Balaban J connectivity index is 1.88. The highest BCUT2D eigenvalue weighted by Crippen LogP contribution is 2.43. The lowest BCUT2D eigenvalue weighted by atomic mass is 10.1. The number of hydrogen-bond acceptors (Lipinski definition) is 4. The van der Waals surface area contributed by atoms with Crippen molar-refractivity contribution in [2.75, 3.05) is 0 Å². The fourth-order valence-electron chi connectivity index (χ4n) is 2.53. The lowest BCUT2D eigenvalue weighted by Crippen LogP contribution is -2.16. The van der Waals surface area contributed by atoms with Gasteiger partial charge in [0.15, 0.2) is 5.65 Å². The summed E-state index contributed by atoms with van der Waals surface area (Å²) < 4.78 is 1.91. The largest absolute Gasteiger partial charge is 0.259 e. The van der Waals surface area contributed by atoms with Crippen molar-refractivity contribution in [3.8, 4) is 0 Å². The van der Waals surface area contributed by atoms with Crippen LogP contribution in [0.5, 0.6) is 0 Å². The molecule has 1 aliphatic carbocycles. The Morgan fingerprint density at radius 2 is 2.10 bits per heavy atom. The van der Waals surface area contributed by atoms with Gasteiger partial charge in [0.05, 0.1) is 24.1 Å². The molecule has 100 valence electrons. The van der Waals surface area contributed by atoms with E-state index < -0.39 is 0 Å². The van der Waals surface area contributed by atoms with Crippen LogP contribution < -0.4 is 0 Å². The Kier molecular flexibility index (Phi) is 2.67. The number of halogens is 1. The fourth-order valence-corrected chi connectivity index (χ4v) is 2.66. The molecule has 6 heteroatoms. The lowest BCUT2D eigenvalue weighted by molar-refractivity contribution is 0.471. The maximum atomic E-state index is 5.96. The number of nitrogens with zero attached hydrogens (tertiary/aromatic N) is 5. The van der Waals surface area contributed by atoms with Crippen LogP contribution >= 0.6 is 11.6 Å². The van der Waals surface area contributed by atoms with E-state index in [1.54, 1.807) is 12.4 Å². The van der Waals surface area contributed by atoms with Crippen LogP contribution in [0.2, 0.25) is 5.15 Å². The standard InChI is InChI=1S/C14H12ClN5/c15-12-8-17-11-7-18-20(14(11)19-12)13(9-4-5-9)10-3-1-2-6-16-10/h1-3,6-9,13H,4-5H2/t13-/m0/s1. The monoisotopic (exact) mass is 285 g/mol. The molecular weight excluding hydrogens is 274 g/mol. The molecule has 0 N–H and O–H groups in total. The summed E-state index contributed by atoms with van der Waals surface area (Å²) in [6.45, 7) is 0. The average Bonchev–Trinajstić information content (AvgIpc) is 3.22. The van der Waals surface area contributed by atoms with Crippen LogP contribution in [0.4, 0.5) is 0 Å². The van der Waals surface area contributed by atoms with E-state index in [4.69, 9.17) is 11.6 Å². The summed E-state index contributed by atoms with van der Waals surface area (Å²) >= 11 is 5.96. The summed E-state index contributed by atoms with van der Waals surface area (Å²) in [7, 11) is 0. The van der Waals surface area contributed by atoms with Crippen molar-refractivity contribution in [1.82, 2.24) is 24.7 Å². The second-order valence-corrected chi connectivity index (χ2v) is 5.41. The second kappa shape index (κ2) is 4.52. The van der Waals surface area contributed by atoms with Gasteiger partial charge in [0.1, 0.15) is 10.7 Å². The quantitative estimate of drug-likeness (QED) is 0.742. The Labute approximate surface area is 120 Å².